The molecule has 24 heavy (non-hydrogen) atoms. The number of ether oxygens (including phenoxy) is 2. The monoisotopic (exact) mass is 326 g/mol. The Balaban J connectivity index is 1.64. The SMILES string of the molecule is CC(C)C1=CC=C2[C@]3(O[C@H]3CC3C4=C(CC[C@]23C)C(=O)OC4)C1=O. The molecule has 2 aliphatic heterocycles. The van der Waals surface area contributed by atoms with Crippen LogP contribution in [0.25, 0.3) is 0 Å². The van der Waals surface area contributed by atoms with Gasteiger partial charge in [0.1, 0.15) is 12.7 Å². The predicted octanol–water partition coefficient (Wildman–Crippen LogP) is 2.89. The maximum atomic E-state index is 13.1. The second-order valence-corrected chi connectivity index (χ2v) is 8.31. The molecule has 1 saturated carbocycles. The number of cyclic esters (lactones) is 1. The maximum absolute atomic E-state index is 13.1. The molecule has 5 aliphatic rings. The quantitative estimate of drug-likeness (QED) is 0.549. The van der Waals surface area contributed by atoms with Crippen LogP contribution in [0.1, 0.15) is 40.0 Å². The van der Waals surface area contributed by atoms with Gasteiger partial charge in [-0.3, -0.25) is 4.79 Å². The molecule has 2 fully saturated rings. The zero-order valence-corrected chi connectivity index (χ0v) is 14.3. The summed E-state index contributed by atoms with van der Waals surface area (Å²) in [6.07, 6.45) is 6.55. The second kappa shape index (κ2) is 4.29. The van der Waals surface area contributed by atoms with Crippen molar-refractivity contribution >= 4 is 11.8 Å². The van der Waals surface area contributed by atoms with Crippen molar-refractivity contribution < 1.29 is 19.1 Å². The number of hydrogen-bond acceptors (Lipinski definition) is 4. The topological polar surface area (TPSA) is 55.9 Å². The van der Waals surface area contributed by atoms with Crippen LogP contribution in [-0.4, -0.2) is 30.1 Å². The Labute approximate surface area is 141 Å². The number of rotatable bonds is 1. The van der Waals surface area contributed by atoms with E-state index >= 15 is 0 Å². The van der Waals surface area contributed by atoms with Gasteiger partial charge >= 0.3 is 5.97 Å². The van der Waals surface area contributed by atoms with Gasteiger partial charge in [-0.25, -0.2) is 4.79 Å². The Morgan fingerprint density at radius 3 is 2.79 bits per heavy atom. The highest BCUT2D eigenvalue weighted by Crippen LogP contribution is 2.67. The summed E-state index contributed by atoms with van der Waals surface area (Å²) in [4.78, 5) is 25.1. The first kappa shape index (κ1) is 14.6. The molecule has 1 unspecified atom stereocenters. The lowest BCUT2D eigenvalue weighted by Gasteiger charge is -2.48. The summed E-state index contributed by atoms with van der Waals surface area (Å²) in [5.41, 5.74) is 3.22. The summed E-state index contributed by atoms with van der Waals surface area (Å²) in [6.45, 7) is 6.78. The zero-order valence-electron chi connectivity index (χ0n) is 14.3. The van der Waals surface area contributed by atoms with E-state index in [0.717, 1.165) is 41.6 Å². The van der Waals surface area contributed by atoms with E-state index in [0.29, 0.717) is 6.61 Å². The van der Waals surface area contributed by atoms with E-state index in [9.17, 15) is 9.59 Å². The Morgan fingerprint density at radius 2 is 2.04 bits per heavy atom. The lowest BCUT2D eigenvalue weighted by atomic mass is 9.52. The Hall–Kier alpha value is -1.68. The van der Waals surface area contributed by atoms with E-state index < -0.39 is 5.60 Å². The van der Waals surface area contributed by atoms with Crippen molar-refractivity contribution in [3.05, 3.63) is 34.4 Å². The van der Waals surface area contributed by atoms with Crippen LogP contribution in [0.15, 0.2) is 34.4 Å². The molecule has 0 radical (unpaired) electrons. The van der Waals surface area contributed by atoms with Gasteiger partial charge in [0.05, 0.1) is 0 Å². The first-order valence-corrected chi connectivity index (χ1v) is 8.94. The molecular weight excluding hydrogens is 304 g/mol. The van der Waals surface area contributed by atoms with E-state index in [2.05, 4.69) is 26.8 Å². The summed E-state index contributed by atoms with van der Waals surface area (Å²) in [6, 6.07) is 0. The molecule has 3 aliphatic carbocycles. The van der Waals surface area contributed by atoms with Gasteiger partial charge < -0.3 is 9.47 Å². The molecule has 4 nitrogen and oxygen atoms in total. The molecule has 0 N–H and O–H groups in total. The van der Waals surface area contributed by atoms with Crippen molar-refractivity contribution in [1.82, 2.24) is 0 Å². The minimum Gasteiger partial charge on any atom is -0.458 e. The smallest absolute Gasteiger partial charge is 0.334 e. The average molecular weight is 326 g/mol. The Morgan fingerprint density at radius 1 is 1.25 bits per heavy atom. The van der Waals surface area contributed by atoms with Crippen LogP contribution in [0.2, 0.25) is 0 Å². The largest absolute Gasteiger partial charge is 0.458 e. The standard InChI is InChI=1S/C20H22O4/c1-10(2)11-4-5-15-19(3)7-6-12-13(9-23-18(12)22)14(19)8-16-20(15,24-16)17(11)21/h4-5,10,14,16H,6-9H2,1-3H3/t14?,16-,19-,20+/m0/s1. The highest BCUT2D eigenvalue weighted by Gasteiger charge is 2.73. The molecule has 0 aromatic heterocycles. The predicted molar refractivity (Wildman–Crippen MR) is 87.0 cm³/mol. The third-order valence-corrected chi connectivity index (χ3v) is 6.92. The highest BCUT2D eigenvalue weighted by molar-refractivity contribution is 6.09. The molecule has 0 amide bonds. The Kier molecular flexibility index (Phi) is 2.62. The molecule has 4 atom stereocenters. The fraction of sp³-hybridized carbons (Fsp3) is 0.600. The number of fused-ring (bicyclic) bond motifs is 3. The van der Waals surface area contributed by atoms with Crippen LogP contribution in [0.5, 0.6) is 0 Å². The first-order chi connectivity index (χ1) is 11.4. The van der Waals surface area contributed by atoms with Gasteiger partial charge in [0.15, 0.2) is 11.4 Å². The molecule has 2 heterocycles. The van der Waals surface area contributed by atoms with E-state index in [1.54, 1.807) is 0 Å². The molecule has 1 saturated heterocycles. The minimum absolute atomic E-state index is 0.0423. The van der Waals surface area contributed by atoms with Gasteiger partial charge in [-0.2, -0.15) is 0 Å². The van der Waals surface area contributed by atoms with E-state index in [4.69, 9.17) is 9.47 Å². The number of ketones is 1. The first-order valence-electron chi connectivity index (χ1n) is 8.94. The van der Waals surface area contributed by atoms with Crippen LogP contribution >= 0.6 is 0 Å². The fourth-order valence-electron chi connectivity index (χ4n) is 5.52. The Bertz CT molecular complexity index is 783. The summed E-state index contributed by atoms with van der Waals surface area (Å²) in [7, 11) is 0. The zero-order chi connectivity index (χ0) is 16.9. The van der Waals surface area contributed by atoms with E-state index in [1.807, 2.05) is 6.08 Å². The van der Waals surface area contributed by atoms with Crippen LogP contribution in [0.4, 0.5) is 0 Å². The number of carbonyl (C=O) groups is 2. The van der Waals surface area contributed by atoms with Crippen molar-refractivity contribution in [3.63, 3.8) is 0 Å². The molecule has 1 spiro atoms. The fourth-order valence-corrected chi connectivity index (χ4v) is 5.52. The van der Waals surface area contributed by atoms with Gasteiger partial charge in [-0.1, -0.05) is 32.9 Å². The molecule has 126 valence electrons. The van der Waals surface area contributed by atoms with Gasteiger partial charge in [0, 0.05) is 11.1 Å². The maximum Gasteiger partial charge on any atom is 0.334 e. The third kappa shape index (κ3) is 1.49. The summed E-state index contributed by atoms with van der Waals surface area (Å²) in [5, 5.41) is 0. The van der Waals surface area contributed by atoms with Gasteiger partial charge in [-0.15, -0.1) is 0 Å². The summed E-state index contributed by atoms with van der Waals surface area (Å²) < 4.78 is 11.4. The van der Waals surface area contributed by atoms with E-state index in [1.165, 1.54) is 0 Å². The lowest BCUT2D eigenvalue weighted by Crippen LogP contribution is -2.50. The van der Waals surface area contributed by atoms with E-state index in [-0.39, 0.29) is 35.1 Å². The van der Waals surface area contributed by atoms with Crippen LogP contribution < -0.4 is 0 Å². The number of allylic oxidation sites excluding steroid dienone is 2. The second-order valence-electron chi connectivity index (χ2n) is 8.31. The normalized spacial score (nSPS) is 42.7. The number of Topliss-reactive ketones (excluding diaryl/α,β-unsaturated/α-hetero) is 1. The average Bonchev–Trinajstić information content (AvgIpc) is 3.13. The van der Waals surface area contributed by atoms with Crippen molar-refractivity contribution in [3.8, 4) is 0 Å². The van der Waals surface area contributed by atoms with Gasteiger partial charge in [0.25, 0.3) is 0 Å². The minimum atomic E-state index is -0.707. The van der Waals surface area contributed by atoms with Crippen molar-refractivity contribution in [2.24, 2.45) is 17.3 Å². The molecular formula is C20H22O4. The number of epoxide rings is 1. The lowest BCUT2D eigenvalue weighted by molar-refractivity contribution is -0.136. The summed E-state index contributed by atoms with van der Waals surface area (Å²) >= 11 is 0. The molecule has 0 aromatic rings. The molecule has 0 bridgehead atoms. The van der Waals surface area contributed by atoms with Crippen LogP contribution in [0, 0.1) is 17.3 Å². The number of esters is 1. The van der Waals surface area contributed by atoms with Crippen LogP contribution in [0.3, 0.4) is 0 Å². The van der Waals surface area contributed by atoms with Crippen molar-refractivity contribution in [1.29, 1.82) is 0 Å². The molecule has 0 aromatic carbocycles. The third-order valence-electron chi connectivity index (χ3n) is 6.92. The number of hydrogen-bond donors (Lipinski definition) is 0. The highest BCUT2D eigenvalue weighted by atomic mass is 16.6. The number of carbonyl (C=O) groups excluding carboxylic acids is 2. The summed E-state index contributed by atoms with van der Waals surface area (Å²) in [5.74, 6) is 0.484. The van der Waals surface area contributed by atoms with Gasteiger partial charge in [0.2, 0.25) is 0 Å². The van der Waals surface area contributed by atoms with Crippen molar-refractivity contribution in [2.45, 2.75) is 51.7 Å². The molecule has 5 rings (SSSR count). The van der Waals surface area contributed by atoms with Crippen molar-refractivity contribution in [2.75, 3.05) is 6.61 Å². The van der Waals surface area contributed by atoms with Crippen LogP contribution in [-0.2, 0) is 19.1 Å². The van der Waals surface area contributed by atoms with Gasteiger partial charge in [-0.05, 0) is 47.7 Å². The molecule has 4 heteroatoms.